The minimum atomic E-state index is -0.961. The molecule has 0 radical (unpaired) electrons. The molecule has 6 heteroatoms. The monoisotopic (exact) mass is 285 g/mol. The second-order valence-electron chi connectivity index (χ2n) is 3.71. The Hall–Kier alpha value is -1.27. The zero-order chi connectivity index (χ0) is 13.5. The van der Waals surface area contributed by atoms with Gasteiger partial charge in [-0.15, -0.1) is 11.3 Å². The van der Waals surface area contributed by atoms with Crippen molar-refractivity contribution in [2.75, 3.05) is 19.1 Å². The molecule has 1 amide bonds. The molecule has 98 valence electrons. The molecule has 0 atom stereocenters. The van der Waals surface area contributed by atoms with Gasteiger partial charge in [-0.1, -0.05) is 0 Å². The van der Waals surface area contributed by atoms with Crippen molar-refractivity contribution in [1.82, 2.24) is 4.90 Å². The van der Waals surface area contributed by atoms with E-state index in [4.69, 9.17) is 5.11 Å². The molecule has 0 aliphatic heterocycles. The number of carboxylic acids is 1. The summed E-state index contributed by atoms with van der Waals surface area (Å²) in [7, 11) is 1.77. The fraction of sp³-hybridized carbons (Fsp3) is 0.333. The van der Waals surface area contributed by atoms with Crippen LogP contribution in [0.1, 0.15) is 10.4 Å². The molecule has 1 aromatic heterocycles. The first kappa shape index (κ1) is 14.8. The summed E-state index contributed by atoms with van der Waals surface area (Å²) < 4.78 is 0. The van der Waals surface area contributed by atoms with Gasteiger partial charge in [0, 0.05) is 24.5 Å². The number of thioether (sulfide) groups is 1. The zero-order valence-corrected chi connectivity index (χ0v) is 11.9. The molecule has 1 rings (SSSR count). The molecule has 4 nitrogen and oxygen atoms in total. The van der Waals surface area contributed by atoms with Crippen molar-refractivity contribution < 1.29 is 14.7 Å². The third-order valence-electron chi connectivity index (χ3n) is 2.18. The van der Waals surface area contributed by atoms with Crippen molar-refractivity contribution in [3.05, 3.63) is 28.0 Å². The lowest BCUT2D eigenvalue weighted by atomic mass is 10.3. The largest absolute Gasteiger partial charge is 0.478 e. The Morgan fingerprint density at radius 2 is 2.28 bits per heavy atom. The van der Waals surface area contributed by atoms with Crippen molar-refractivity contribution in [1.29, 1.82) is 0 Å². The summed E-state index contributed by atoms with van der Waals surface area (Å²) in [6, 6.07) is 1.90. The maximum absolute atomic E-state index is 11.6. The van der Waals surface area contributed by atoms with Crippen molar-refractivity contribution in [2.45, 2.75) is 6.54 Å². The number of aliphatic carboxylic acids is 1. The van der Waals surface area contributed by atoms with Gasteiger partial charge in [-0.25, -0.2) is 4.79 Å². The number of carboxylic acid groups (broad SMARTS) is 1. The summed E-state index contributed by atoms with van der Waals surface area (Å²) in [6.45, 7) is 0.552. The Bertz CT molecular complexity index is 454. The lowest BCUT2D eigenvalue weighted by Crippen LogP contribution is -2.27. The molecule has 0 aliphatic carbocycles. The van der Waals surface area contributed by atoms with Crippen molar-refractivity contribution in [2.24, 2.45) is 0 Å². The number of rotatable bonds is 6. The van der Waals surface area contributed by atoms with Gasteiger partial charge in [0.2, 0.25) is 5.91 Å². The second-order valence-corrected chi connectivity index (χ2v) is 5.52. The van der Waals surface area contributed by atoms with Crippen LogP contribution in [0.15, 0.2) is 17.5 Å². The maximum Gasteiger partial charge on any atom is 0.328 e. The smallest absolute Gasteiger partial charge is 0.328 e. The van der Waals surface area contributed by atoms with E-state index in [1.54, 1.807) is 18.0 Å². The summed E-state index contributed by atoms with van der Waals surface area (Å²) >= 11 is 2.97. The average Bonchev–Trinajstić information content (AvgIpc) is 2.74. The van der Waals surface area contributed by atoms with E-state index in [0.717, 1.165) is 16.5 Å². The molecule has 0 saturated heterocycles. The lowest BCUT2D eigenvalue weighted by Gasteiger charge is -2.15. The first-order valence-electron chi connectivity index (χ1n) is 5.24. The topological polar surface area (TPSA) is 57.6 Å². The Balaban J connectivity index is 2.58. The molecule has 0 aromatic carbocycles. The van der Waals surface area contributed by atoms with Gasteiger partial charge in [-0.2, -0.15) is 11.8 Å². The fourth-order valence-corrected chi connectivity index (χ4v) is 2.58. The molecular formula is C12H15NO3S2. The van der Waals surface area contributed by atoms with E-state index < -0.39 is 5.97 Å². The summed E-state index contributed by atoms with van der Waals surface area (Å²) in [5.74, 6) is -0.389. The molecule has 0 saturated carbocycles. The van der Waals surface area contributed by atoms with E-state index >= 15 is 0 Å². The van der Waals surface area contributed by atoms with Gasteiger partial charge in [0.25, 0.3) is 0 Å². The van der Waals surface area contributed by atoms with Crippen LogP contribution in [-0.4, -0.2) is 40.9 Å². The van der Waals surface area contributed by atoms with Crippen LogP contribution in [0.4, 0.5) is 0 Å². The van der Waals surface area contributed by atoms with Crippen molar-refractivity contribution in [3.63, 3.8) is 0 Å². The Kier molecular flexibility index (Phi) is 5.94. The normalized spacial score (nSPS) is 10.8. The maximum atomic E-state index is 11.6. The number of nitrogens with zero attached hydrogens (tertiary/aromatic N) is 1. The minimum absolute atomic E-state index is 0.0938. The van der Waals surface area contributed by atoms with Gasteiger partial charge in [0.1, 0.15) is 0 Å². The number of hydrogen-bond acceptors (Lipinski definition) is 4. The van der Waals surface area contributed by atoms with Gasteiger partial charge in [0.15, 0.2) is 0 Å². The minimum Gasteiger partial charge on any atom is -0.478 e. The van der Waals surface area contributed by atoms with Crippen LogP contribution in [-0.2, 0) is 16.1 Å². The second kappa shape index (κ2) is 7.23. The molecule has 0 aliphatic rings. The van der Waals surface area contributed by atoms with Crippen molar-refractivity contribution >= 4 is 41.1 Å². The van der Waals surface area contributed by atoms with Crippen LogP contribution < -0.4 is 0 Å². The Labute approximate surface area is 114 Å². The summed E-state index contributed by atoms with van der Waals surface area (Å²) in [5, 5.41) is 10.5. The lowest BCUT2D eigenvalue weighted by molar-refractivity contribution is -0.131. The van der Waals surface area contributed by atoms with Crippen LogP contribution in [0.25, 0.3) is 6.08 Å². The van der Waals surface area contributed by atoms with Crippen LogP contribution in [0.3, 0.4) is 0 Å². The average molecular weight is 285 g/mol. The predicted octanol–water partition coefficient (Wildman–Crippen LogP) is 2.17. The van der Waals surface area contributed by atoms with E-state index in [0.29, 0.717) is 12.3 Å². The van der Waals surface area contributed by atoms with Crippen LogP contribution in [0.5, 0.6) is 0 Å². The van der Waals surface area contributed by atoms with E-state index in [1.807, 2.05) is 17.7 Å². The predicted molar refractivity (Wildman–Crippen MR) is 75.8 cm³/mol. The van der Waals surface area contributed by atoms with Gasteiger partial charge in [-0.05, 0) is 29.3 Å². The van der Waals surface area contributed by atoms with Crippen molar-refractivity contribution in [3.8, 4) is 0 Å². The molecule has 0 fully saturated rings. The van der Waals surface area contributed by atoms with E-state index in [2.05, 4.69) is 0 Å². The first-order chi connectivity index (χ1) is 8.52. The summed E-state index contributed by atoms with van der Waals surface area (Å²) in [6.07, 6.45) is 4.56. The highest BCUT2D eigenvalue weighted by Gasteiger charge is 2.09. The highest BCUT2D eigenvalue weighted by Crippen LogP contribution is 2.17. The first-order valence-corrected chi connectivity index (χ1v) is 7.51. The highest BCUT2D eigenvalue weighted by molar-refractivity contribution is 7.99. The molecule has 0 bridgehead atoms. The third kappa shape index (κ3) is 4.93. The van der Waals surface area contributed by atoms with Gasteiger partial charge in [0.05, 0.1) is 5.75 Å². The summed E-state index contributed by atoms with van der Waals surface area (Å²) in [4.78, 5) is 24.5. The van der Waals surface area contributed by atoms with E-state index in [9.17, 15) is 9.59 Å². The van der Waals surface area contributed by atoms with Gasteiger partial charge < -0.3 is 10.0 Å². The Morgan fingerprint density at radius 1 is 1.56 bits per heavy atom. The van der Waals surface area contributed by atoms with Crippen LogP contribution in [0, 0.1) is 0 Å². The molecule has 1 N–H and O–H groups in total. The van der Waals surface area contributed by atoms with Gasteiger partial charge in [-0.3, -0.25) is 4.79 Å². The standard InChI is InChI=1S/C12H15NO3S2/c1-13(11(14)8-17-2)6-9-5-10(18-7-9)3-4-12(15)16/h3-5,7H,6,8H2,1-2H3,(H,15,16). The van der Waals surface area contributed by atoms with Gasteiger partial charge >= 0.3 is 5.97 Å². The number of carbonyl (C=O) groups excluding carboxylic acids is 1. The fourth-order valence-electron chi connectivity index (χ4n) is 1.31. The molecule has 0 spiro atoms. The number of thiophene rings is 1. The highest BCUT2D eigenvalue weighted by atomic mass is 32.2. The molecule has 18 heavy (non-hydrogen) atoms. The molecule has 0 unspecified atom stereocenters. The number of carbonyl (C=O) groups is 2. The number of hydrogen-bond donors (Lipinski definition) is 1. The van der Waals surface area contributed by atoms with Crippen LogP contribution >= 0.6 is 23.1 Å². The van der Waals surface area contributed by atoms with Crippen LogP contribution in [0.2, 0.25) is 0 Å². The summed E-state index contributed by atoms with van der Waals surface area (Å²) in [5.41, 5.74) is 1.02. The number of amides is 1. The van der Waals surface area contributed by atoms with E-state index in [-0.39, 0.29) is 5.91 Å². The third-order valence-corrected chi connectivity index (χ3v) is 3.66. The van der Waals surface area contributed by atoms with E-state index in [1.165, 1.54) is 23.1 Å². The molecular weight excluding hydrogens is 270 g/mol. The zero-order valence-electron chi connectivity index (χ0n) is 10.3. The quantitative estimate of drug-likeness (QED) is 0.814. The molecule has 1 heterocycles. The Morgan fingerprint density at radius 3 is 2.89 bits per heavy atom. The SMILES string of the molecule is CSCC(=O)N(C)Cc1csc(C=CC(=O)O)c1. The molecule has 1 aromatic rings.